The molecule has 0 radical (unpaired) electrons. The number of nitrogens with zero attached hydrogens (tertiary/aromatic N) is 2. The largest absolute Gasteiger partial charge is 0.383 e. The van der Waals surface area contributed by atoms with Gasteiger partial charge in [-0.15, -0.1) is 0 Å². The quantitative estimate of drug-likeness (QED) is 0.763. The van der Waals surface area contributed by atoms with E-state index >= 15 is 0 Å². The number of hydrogen-bond donors (Lipinski definition) is 2. The topological polar surface area (TPSA) is 59.1 Å². The summed E-state index contributed by atoms with van der Waals surface area (Å²) in [6.45, 7) is 1.36. The van der Waals surface area contributed by atoms with Gasteiger partial charge in [0.05, 0.1) is 6.61 Å². The van der Waals surface area contributed by atoms with E-state index in [0.29, 0.717) is 6.61 Å². The minimum Gasteiger partial charge on any atom is -0.383 e. The highest BCUT2D eigenvalue weighted by atomic mass is 16.5. The molecule has 0 aliphatic heterocycles. The molecular formula is C13H16N4O. The Hall–Kier alpha value is -2.14. The van der Waals surface area contributed by atoms with Gasteiger partial charge in [-0.05, 0) is 12.1 Å². The summed E-state index contributed by atoms with van der Waals surface area (Å²) in [5, 5.41) is 6.37. The van der Waals surface area contributed by atoms with Gasteiger partial charge in [-0.25, -0.2) is 9.97 Å². The average molecular weight is 244 g/mol. The summed E-state index contributed by atoms with van der Waals surface area (Å²) in [6, 6.07) is 11.8. The monoisotopic (exact) mass is 244 g/mol. The Morgan fingerprint density at radius 2 is 1.89 bits per heavy atom. The number of benzene rings is 1. The lowest BCUT2D eigenvalue weighted by atomic mass is 10.3. The molecule has 0 aliphatic carbocycles. The lowest BCUT2D eigenvalue weighted by Gasteiger charge is -2.08. The fraction of sp³-hybridized carbons (Fsp3) is 0.231. The first kappa shape index (κ1) is 12.3. The highest BCUT2D eigenvalue weighted by Crippen LogP contribution is 2.15. The van der Waals surface area contributed by atoms with Gasteiger partial charge >= 0.3 is 0 Å². The van der Waals surface area contributed by atoms with Gasteiger partial charge in [0.25, 0.3) is 0 Å². The molecule has 5 nitrogen and oxygen atoms in total. The van der Waals surface area contributed by atoms with Crippen LogP contribution in [-0.2, 0) is 4.74 Å². The van der Waals surface area contributed by atoms with Crippen molar-refractivity contribution < 1.29 is 4.74 Å². The van der Waals surface area contributed by atoms with Crippen LogP contribution in [0.4, 0.5) is 17.3 Å². The predicted molar refractivity (Wildman–Crippen MR) is 72.1 cm³/mol. The maximum Gasteiger partial charge on any atom is 0.135 e. The molecule has 1 aromatic carbocycles. The fourth-order valence-corrected chi connectivity index (χ4v) is 1.47. The standard InChI is InChI=1S/C13H16N4O/c1-18-8-7-14-12-9-13(16-10-15-12)17-11-5-3-2-4-6-11/h2-6,9-10H,7-8H2,1H3,(H2,14,15,16,17). The smallest absolute Gasteiger partial charge is 0.135 e. The van der Waals surface area contributed by atoms with Crippen molar-refractivity contribution in [3.05, 3.63) is 42.7 Å². The second-order valence-corrected chi connectivity index (χ2v) is 3.70. The Labute approximate surface area is 106 Å². The van der Waals surface area contributed by atoms with Crippen LogP contribution in [0.3, 0.4) is 0 Å². The van der Waals surface area contributed by atoms with Crippen molar-refractivity contribution in [1.82, 2.24) is 9.97 Å². The summed E-state index contributed by atoms with van der Waals surface area (Å²) in [5.74, 6) is 1.54. The lowest BCUT2D eigenvalue weighted by molar-refractivity contribution is 0.210. The molecule has 0 bridgehead atoms. The summed E-state index contributed by atoms with van der Waals surface area (Å²) in [4.78, 5) is 8.30. The number of para-hydroxylation sites is 1. The van der Waals surface area contributed by atoms with E-state index in [1.165, 1.54) is 6.33 Å². The summed E-state index contributed by atoms with van der Waals surface area (Å²) < 4.78 is 4.97. The van der Waals surface area contributed by atoms with Crippen LogP contribution < -0.4 is 10.6 Å². The minimum atomic E-state index is 0.644. The molecule has 1 heterocycles. The van der Waals surface area contributed by atoms with Crippen molar-refractivity contribution in [2.45, 2.75) is 0 Å². The zero-order valence-electron chi connectivity index (χ0n) is 10.3. The molecular weight excluding hydrogens is 228 g/mol. The lowest BCUT2D eigenvalue weighted by Crippen LogP contribution is -2.09. The Morgan fingerprint density at radius 3 is 2.67 bits per heavy atom. The van der Waals surface area contributed by atoms with E-state index in [9.17, 15) is 0 Å². The number of methoxy groups -OCH3 is 1. The fourth-order valence-electron chi connectivity index (χ4n) is 1.47. The third-order valence-corrected chi connectivity index (χ3v) is 2.33. The van der Waals surface area contributed by atoms with Crippen molar-refractivity contribution in [2.24, 2.45) is 0 Å². The Bertz CT molecular complexity index is 475. The van der Waals surface area contributed by atoms with Crippen molar-refractivity contribution in [3.8, 4) is 0 Å². The zero-order chi connectivity index (χ0) is 12.6. The van der Waals surface area contributed by atoms with Gasteiger partial charge in [-0.2, -0.15) is 0 Å². The molecule has 5 heteroatoms. The van der Waals surface area contributed by atoms with Gasteiger partial charge in [0.1, 0.15) is 18.0 Å². The summed E-state index contributed by atoms with van der Waals surface area (Å²) >= 11 is 0. The predicted octanol–water partition coefficient (Wildman–Crippen LogP) is 2.28. The number of hydrogen-bond acceptors (Lipinski definition) is 5. The van der Waals surface area contributed by atoms with Crippen molar-refractivity contribution in [3.63, 3.8) is 0 Å². The molecule has 0 amide bonds. The maximum atomic E-state index is 4.97. The van der Waals surface area contributed by atoms with Gasteiger partial charge in [0.2, 0.25) is 0 Å². The molecule has 0 saturated carbocycles. The molecule has 94 valence electrons. The van der Waals surface area contributed by atoms with E-state index in [2.05, 4.69) is 20.6 Å². The number of nitrogens with one attached hydrogen (secondary N) is 2. The van der Waals surface area contributed by atoms with E-state index in [1.807, 2.05) is 36.4 Å². The van der Waals surface area contributed by atoms with Gasteiger partial charge in [-0.3, -0.25) is 0 Å². The van der Waals surface area contributed by atoms with E-state index < -0.39 is 0 Å². The first-order chi connectivity index (χ1) is 8.88. The Balaban J connectivity index is 1.99. The van der Waals surface area contributed by atoms with Crippen LogP contribution in [0.2, 0.25) is 0 Å². The molecule has 1 aromatic heterocycles. The summed E-state index contributed by atoms with van der Waals surface area (Å²) in [7, 11) is 1.67. The van der Waals surface area contributed by atoms with Gasteiger partial charge in [0, 0.05) is 25.4 Å². The van der Waals surface area contributed by atoms with Crippen LogP contribution in [-0.4, -0.2) is 30.2 Å². The number of ether oxygens (including phenoxy) is 1. The second kappa shape index (κ2) is 6.56. The molecule has 0 saturated heterocycles. The molecule has 18 heavy (non-hydrogen) atoms. The van der Waals surface area contributed by atoms with Crippen LogP contribution in [0, 0.1) is 0 Å². The molecule has 0 unspecified atom stereocenters. The molecule has 2 N–H and O–H groups in total. The third-order valence-electron chi connectivity index (χ3n) is 2.33. The molecule has 0 aliphatic rings. The van der Waals surface area contributed by atoms with Crippen LogP contribution in [0.15, 0.2) is 42.7 Å². The highest BCUT2D eigenvalue weighted by molar-refractivity contribution is 5.58. The van der Waals surface area contributed by atoms with Crippen LogP contribution in [0.5, 0.6) is 0 Å². The SMILES string of the molecule is COCCNc1cc(Nc2ccccc2)ncn1. The van der Waals surface area contributed by atoms with Gasteiger partial charge < -0.3 is 15.4 Å². The highest BCUT2D eigenvalue weighted by Gasteiger charge is 1.98. The van der Waals surface area contributed by atoms with Gasteiger partial charge in [0.15, 0.2) is 0 Å². The Morgan fingerprint density at radius 1 is 1.11 bits per heavy atom. The first-order valence-corrected chi connectivity index (χ1v) is 5.75. The molecule has 0 atom stereocenters. The van der Waals surface area contributed by atoms with E-state index in [4.69, 9.17) is 4.74 Å². The van der Waals surface area contributed by atoms with Crippen molar-refractivity contribution >= 4 is 17.3 Å². The number of rotatable bonds is 6. The summed E-state index contributed by atoms with van der Waals surface area (Å²) in [6.07, 6.45) is 1.53. The van der Waals surface area contributed by atoms with Crippen molar-refractivity contribution in [2.75, 3.05) is 30.9 Å². The van der Waals surface area contributed by atoms with Crippen LogP contribution in [0.25, 0.3) is 0 Å². The van der Waals surface area contributed by atoms with Gasteiger partial charge in [-0.1, -0.05) is 18.2 Å². The Kier molecular flexibility index (Phi) is 4.49. The normalized spacial score (nSPS) is 10.1. The minimum absolute atomic E-state index is 0.644. The second-order valence-electron chi connectivity index (χ2n) is 3.70. The van der Waals surface area contributed by atoms with E-state index in [1.54, 1.807) is 7.11 Å². The number of aromatic nitrogens is 2. The number of anilines is 3. The van der Waals surface area contributed by atoms with Crippen molar-refractivity contribution in [1.29, 1.82) is 0 Å². The average Bonchev–Trinajstić information content (AvgIpc) is 2.41. The molecule has 2 aromatic rings. The van der Waals surface area contributed by atoms with E-state index in [-0.39, 0.29) is 0 Å². The molecule has 0 fully saturated rings. The zero-order valence-corrected chi connectivity index (χ0v) is 10.3. The first-order valence-electron chi connectivity index (χ1n) is 5.75. The maximum absolute atomic E-state index is 4.97. The third kappa shape index (κ3) is 3.71. The molecule has 0 spiro atoms. The molecule has 2 rings (SSSR count). The summed E-state index contributed by atoms with van der Waals surface area (Å²) in [5.41, 5.74) is 0.999. The van der Waals surface area contributed by atoms with Crippen LogP contribution >= 0.6 is 0 Å². The van der Waals surface area contributed by atoms with Crippen LogP contribution in [0.1, 0.15) is 0 Å². The van der Waals surface area contributed by atoms with E-state index in [0.717, 1.165) is 23.9 Å².